The van der Waals surface area contributed by atoms with Gasteiger partial charge in [-0.15, -0.1) is 0 Å². The quantitative estimate of drug-likeness (QED) is 0.702. The first-order chi connectivity index (χ1) is 7.05. The van der Waals surface area contributed by atoms with Gasteiger partial charge >= 0.3 is 0 Å². The SMILES string of the molecule is CCCOCCN1CC(C)(C)NCC1C. The highest BCUT2D eigenvalue weighted by atomic mass is 16.5. The predicted molar refractivity (Wildman–Crippen MR) is 64.2 cm³/mol. The largest absolute Gasteiger partial charge is 0.380 e. The molecule has 1 heterocycles. The summed E-state index contributed by atoms with van der Waals surface area (Å²) in [7, 11) is 0. The number of ether oxygens (including phenoxy) is 1. The van der Waals surface area contributed by atoms with Gasteiger partial charge in [0.2, 0.25) is 0 Å². The van der Waals surface area contributed by atoms with E-state index in [0.29, 0.717) is 6.04 Å². The summed E-state index contributed by atoms with van der Waals surface area (Å²) in [5, 5.41) is 3.56. The number of nitrogens with one attached hydrogen (secondary N) is 1. The lowest BCUT2D eigenvalue weighted by Crippen LogP contribution is -2.61. The Morgan fingerprint density at radius 2 is 2.13 bits per heavy atom. The van der Waals surface area contributed by atoms with E-state index < -0.39 is 0 Å². The molecule has 1 unspecified atom stereocenters. The molecule has 0 radical (unpaired) electrons. The van der Waals surface area contributed by atoms with Crippen LogP contribution in [0.5, 0.6) is 0 Å². The molecular formula is C12H26N2O. The topological polar surface area (TPSA) is 24.5 Å². The standard InChI is InChI=1S/C12H26N2O/c1-5-7-15-8-6-14-10-12(3,4)13-9-11(14)2/h11,13H,5-10H2,1-4H3. The number of hydrogen-bond donors (Lipinski definition) is 1. The summed E-state index contributed by atoms with van der Waals surface area (Å²) in [6.45, 7) is 14.0. The van der Waals surface area contributed by atoms with E-state index in [2.05, 4.69) is 37.9 Å². The Hall–Kier alpha value is -0.120. The third kappa shape index (κ3) is 4.49. The zero-order chi connectivity index (χ0) is 11.3. The summed E-state index contributed by atoms with van der Waals surface area (Å²) in [6.07, 6.45) is 1.11. The van der Waals surface area contributed by atoms with Crippen molar-refractivity contribution in [2.45, 2.75) is 45.7 Å². The van der Waals surface area contributed by atoms with Crippen molar-refractivity contribution in [3.05, 3.63) is 0 Å². The lowest BCUT2D eigenvalue weighted by molar-refractivity contribution is 0.0551. The molecule has 0 aromatic rings. The summed E-state index contributed by atoms with van der Waals surface area (Å²) >= 11 is 0. The van der Waals surface area contributed by atoms with E-state index in [1.165, 1.54) is 0 Å². The molecule has 3 nitrogen and oxygen atoms in total. The minimum atomic E-state index is 0.247. The molecular weight excluding hydrogens is 188 g/mol. The maximum Gasteiger partial charge on any atom is 0.0593 e. The summed E-state index contributed by atoms with van der Waals surface area (Å²) in [6, 6.07) is 0.628. The molecule has 0 aromatic carbocycles. The minimum Gasteiger partial charge on any atom is -0.380 e. The first-order valence-corrected chi connectivity index (χ1v) is 6.12. The van der Waals surface area contributed by atoms with Crippen molar-refractivity contribution in [1.29, 1.82) is 0 Å². The Morgan fingerprint density at radius 1 is 1.40 bits per heavy atom. The van der Waals surface area contributed by atoms with Gasteiger partial charge in [0.15, 0.2) is 0 Å². The van der Waals surface area contributed by atoms with Crippen molar-refractivity contribution < 1.29 is 4.74 Å². The molecule has 0 spiro atoms. The molecule has 1 aliphatic heterocycles. The molecule has 0 aromatic heterocycles. The fourth-order valence-corrected chi connectivity index (χ4v) is 2.00. The van der Waals surface area contributed by atoms with Crippen LogP contribution in [0.15, 0.2) is 0 Å². The summed E-state index contributed by atoms with van der Waals surface area (Å²) in [4.78, 5) is 2.52. The summed E-state index contributed by atoms with van der Waals surface area (Å²) < 4.78 is 5.54. The van der Waals surface area contributed by atoms with Gasteiger partial charge in [-0.1, -0.05) is 6.92 Å². The Labute approximate surface area is 94.2 Å². The highest BCUT2D eigenvalue weighted by molar-refractivity contribution is 4.90. The van der Waals surface area contributed by atoms with Crippen LogP contribution in [0.3, 0.4) is 0 Å². The smallest absolute Gasteiger partial charge is 0.0593 e. The van der Waals surface area contributed by atoms with Gasteiger partial charge in [0, 0.05) is 37.8 Å². The van der Waals surface area contributed by atoms with Crippen LogP contribution in [-0.4, -0.2) is 49.3 Å². The van der Waals surface area contributed by atoms with Crippen LogP contribution in [0.1, 0.15) is 34.1 Å². The number of nitrogens with zero attached hydrogens (tertiary/aromatic N) is 1. The lowest BCUT2D eigenvalue weighted by atomic mass is 9.99. The molecule has 3 heteroatoms. The molecule has 1 atom stereocenters. The fourth-order valence-electron chi connectivity index (χ4n) is 2.00. The zero-order valence-corrected chi connectivity index (χ0v) is 10.7. The van der Waals surface area contributed by atoms with Crippen molar-refractivity contribution in [2.75, 3.05) is 32.8 Å². The van der Waals surface area contributed by atoms with Gasteiger partial charge in [0.25, 0.3) is 0 Å². The van der Waals surface area contributed by atoms with Crippen LogP contribution in [0, 0.1) is 0 Å². The van der Waals surface area contributed by atoms with Gasteiger partial charge in [0.1, 0.15) is 0 Å². The first kappa shape index (κ1) is 12.9. The number of rotatable bonds is 5. The van der Waals surface area contributed by atoms with E-state index in [1.54, 1.807) is 0 Å². The second kappa shape index (κ2) is 5.83. The van der Waals surface area contributed by atoms with E-state index in [1.807, 2.05) is 0 Å². The van der Waals surface area contributed by atoms with Gasteiger partial charge in [-0.05, 0) is 27.2 Å². The lowest BCUT2D eigenvalue weighted by Gasteiger charge is -2.43. The molecule has 0 saturated carbocycles. The van der Waals surface area contributed by atoms with Crippen LogP contribution in [0.2, 0.25) is 0 Å². The monoisotopic (exact) mass is 214 g/mol. The van der Waals surface area contributed by atoms with Gasteiger partial charge in [-0.2, -0.15) is 0 Å². The Morgan fingerprint density at radius 3 is 2.80 bits per heavy atom. The molecule has 1 fully saturated rings. The molecule has 1 saturated heterocycles. The normalized spacial score (nSPS) is 26.8. The van der Waals surface area contributed by atoms with Gasteiger partial charge in [0.05, 0.1) is 6.61 Å². The average molecular weight is 214 g/mol. The molecule has 1 aliphatic rings. The van der Waals surface area contributed by atoms with Gasteiger partial charge < -0.3 is 10.1 Å². The van der Waals surface area contributed by atoms with Crippen molar-refractivity contribution in [2.24, 2.45) is 0 Å². The first-order valence-electron chi connectivity index (χ1n) is 6.12. The van der Waals surface area contributed by atoms with E-state index in [4.69, 9.17) is 4.74 Å². The highest BCUT2D eigenvalue weighted by Crippen LogP contribution is 2.14. The Balaban J connectivity index is 2.25. The summed E-state index contributed by atoms with van der Waals surface area (Å²) in [5.41, 5.74) is 0.247. The second-order valence-electron chi connectivity index (χ2n) is 5.20. The molecule has 0 amide bonds. The second-order valence-corrected chi connectivity index (χ2v) is 5.20. The van der Waals surface area contributed by atoms with Crippen LogP contribution in [-0.2, 0) is 4.74 Å². The Kier molecular flexibility index (Phi) is 5.03. The van der Waals surface area contributed by atoms with E-state index in [9.17, 15) is 0 Å². The van der Waals surface area contributed by atoms with Crippen LogP contribution in [0.4, 0.5) is 0 Å². The number of hydrogen-bond acceptors (Lipinski definition) is 3. The molecule has 1 rings (SSSR count). The molecule has 1 N–H and O–H groups in total. The summed E-state index contributed by atoms with van der Waals surface area (Å²) in [5.74, 6) is 0. The van der Waals surface area contributed by atoms with Crippen LogP contribution < -0.4 is 5.32 Å². The van der Waals surface area contributed by atoms with Gasteiger partial charge in [-0.25, -0.2) is 0 Å². The maximum atomic E-state index is 5.54. The Bertz CT molecular complexity index is 182. The zero-order valence-electron chi connectivity index (χ0n) is 10.7. The minimum absolute atomic E-state index is 0.247. The predicted octanol–water partition coefficient (Wildman–Crippen LogP) is 1.49. The van der Waals surface area contributed by atoms with Crippen LogP contribution >= 0.6 is 0 Å². The molecule has 0 aliphatic carbocycles. The van der Waals surface area contributed by atoms with Crippen LogP contribution in [0.25, 0.3) is 0 Å². The van der Waals surface area contributed by atoms with Gasteiger partial charge in [-0.3, -0.25) is 4.90 Å². The molecule has 0 bridgehead atoms. The van der Waals surface area contributed by atoms with Crippen molar-refractivity contribution in [1.82, 2.24) is 10.2 Å². The molecule has 15 heavy (non-hydrogen) atoms. The fraction of sp³-hybridized carbons (Fsp3) is 1.00. The van der Waals surface area contributed by atoms with E-state index >= 15 is 0 Å². The van der Waals surface area contributed by atoms with Crippen molar-refractivity contribution >= 4 is 0 Å². The van der Waals surface area contributed by atoms with Crippen molar-refractivity contribution in [3.8, 4) is 0 Å². The highest BCUT2D eigenvalue weighted by Gasteiger charge is 2.29. The molecule has 90 valence electrons. The third-order valence-corrected chi connectivity index (χ3v) is 2.97. The van der Waals surface area contributed by atoms with E-state index in [0.717, 1.165) is 39.3 Å². The van der Waals surface area contributed by atoms with E-state index in [-0.39, 0.29) is 5.54 Å². The third-order valence-electron chi connectivity index (χ3n) is 2.97. The van der Waals surface area contributed by atoms with Crippen molar-refractivity contribution in [3.63, 3.8) is 0 Å². The maximum absolute atomic E-state index is 5.54. The number of piperazine rings is 1. The average Bonchev–Trinajstić information content (AvgIpc) is 2.18.